The van der Waals surface area contributed by atoms with Crippen LogP contribution in [-0.2, 0) is 4.74 Å². The third kappa shape index (κ3) is 3.75. The van der Waals surface area contributed by atoms with Crippen LogP contribution in [0.25, 0.3) is 0 Å². The number of amides is 1. The monoisotopic (exact) mass is 383 g/mol. The highest BCUT2D eigenvalue weighted by atomic mass is 19.3. The number of alkyl halides is 2. The zero-order chi connectivity index (χ0) is 19.4. The molecule has 3 heterocycles. The van der Waals surface area contributed by atoms with Crippen LogP contribution in [-0.4, -0.2) is 41.1 Å². The number of carbonyl (C=O) groups excluding carboxylic acids is 1. The number of carbonyl (C=O) groups is 1. The van der Waals surface area contributed by atoms with Gasteiger partial charge in [0.2, 0.25) is 0 Å². The average Bonchev–Trinajstić information content (AvgIpc) is 2.97. The summed E-state index contributed by atoms with van der Waals surface area (Å²) < 4.78 is 46.7. The molecular weight excluding hydrogens is 360 g/mol. The quantitative estimate of drug-likeness (QED) is 0.761. The van der Waals surface area contributed by atoms with E-state index in [0.29, 0.717) is 18.6 Å². The maximum Gasteiger partial charge on any atom is 0.586 e. The lowest BCUT2D eigenvalue weighted by atomic mass is 10.00. The Labute approximate surface area is 156 Å². The molecule has 0 aromatic heterocycles. The lowest BCUT2D eigenvalue weighted by Gasteiger charge is -2.39. The SMILES string of the molecule is CC(C)(C)OC(=O)N1[C@@H]2CC[C@H]1C[C@@H](Oc1ccc3c(c1)OC(F)(F)O3)C2. The highest BCUT2D eigenvalue weighted by molar-refractivity contribution is 5.69. The minimum Gasteiger partial charge on any atom is -0.490 e. The van der Waals surface area contributed by atoms with E-state index in [1.54, 1.807) is 6.07 Å². The van der Waals surface area contributed by atoms with Gasteiger partial charge in [0, 0.05) is 31.0 Å². The Morgan fingerprint density at radius 1 is 1.15 bits per heavy atom. The topological polar surface area (TPSA) is 57.2 Å². The Kier molecular flexibility index (Phi) is 4.12. The second-order valence-corrected chi connectivity index (χ2v) is 8.26. The van der Waals surface area contributed by atoms with Crippen molar-refractivity contribution >= 4 is 6.09 Å². The molecule has 1 aromatic carbocycles. The lowest BCUT2D eigenvalue weighted by Crippen LogP contribution is -2.50. The maximum atomic E-state index is 13.1. The van der Waals surface area contributed by atoms with Crippen molar-refractivity contribution in [2.45, 2.75) is 76.5 Å². The Hall–Kier alpha value is -2.25. The minimum atomic E-state index is -3.64. The van der Waals surface area contributed by atoms with Crippen LogP contribution in [0.15, 0.2) is 18.2 Å². The maximum absolute atomic E-state index is 13.1. The van der Waals surface area contributed by atoms with Gasteiger partial charge in [-0.2, -0.15) is 0 Å². The number of hydrogen-bond acceptors (Lipinski definition) is 5. The number of ether oxygens (including phenoxy) is 4. The Morgan fingerprint density at radius 2 is 1.78 bits per heavy atom. The van der Waals surface area contributed by atoms with Crippen LogP contribution in [0.3, 0.4) is 0 Å². The summed E-state index contributed by atoms with van der Waals surface area (Å²) in [5.74, 6) is 0.406. The first-order valence-corrected chi connectivity index (χ1v) is 9.17. The molecule has 2 saturated heterocycles. The second-order valence-electron chi connectivity index (χ2n) is 8.26. The molecule has 1 amide bonds. The van der Waals surface area contributed by atoms with Crippen molar-refractivity contribution in [1.82, 2.24) is 4.90 Å². The van der Waals surface area contributed by atoms with Crippen LogP contribution in [0, 0.1) is 0 Å². The zero-order valence-corrected chi connectivity index (χ0v) is 15.5. The molecule has 2 fully saturated rings. The third-order valence-electron chi connectivity index (χ3n) is 4.97. The molecule has 0 radical (unpaired) electrons. The molecular formula is C19H23F2NO5. The summed E-state index contributed by atoms with van der Waals surface area (Å²) in [6.07, 6.45) is -0.825. The van der Waals surface area contributed by atoms with Crippen molar-refractivity contribution in [1.29, 1.82) is 0 Å². The third-order valence-corrected chi connectivity index (χ3v) is 4.97. The van der Waals surface area contributed by atoms with E-state index in [1.165, 1.54) is 12.1 Å². The van der Waals surface area contributed by atoms with Gasteiger partial charge < -0.3 is 23.8 Å². The Morgan fingerprint density at radius 3 is 2.41 bits per heavy atom. The molecule has 3 aliphatic heterocycles. The van der Waals surface area contributed by atoms with Crippen LogP contribution >= 0.6 is 0 Å². The molecule has 0 saturated carbocycles. The first-order valence-electron chi connectivity index (χ1n) is 9.17. The van der Waals surface area contributed by atoms with Gasteiger partial charge in [-0.25, -0.2) is 4.79 Å². The molecule has 2 bridgehead atoms. The van der Waals surface area contributed by atoms with E-state index in [4.69, 9.17) is 9.47 Å². The predicted octanol–water partition coefficient (Wildman–Crippen LogP) is 4.32. The summed E-state index contributed by atoms with van der Waals surface area (Å²) in [6.45, 7) is 5.56. The zero-order valence-electron chi connectivity index (χ0n) is 15.5. The van der Waals surface area contributed by atoms with E-state index in [2.05, 4.69) is 9.47 Å². The first-order chi connectivity index (χ1) is 12.6. The minimum absolute atomic E-state index is 0.00726. The van der Waals surface area contributed by atoms with Gasteiger partial charge in [-0.15, -0.1) is 8.78 Å². The molecule has 3 aliphatic rings. The standard InChI is InChI=1S/C19H23F2NO5/c1-18(2,3)27-17(23)22-11-4-5-12(22)9-14(8-11)24-13-6-7-15-16(10-13)26-19(20,21)25-15/h6-7,10-12,14H,4-5,8-9H2,1-3H3/t11-,12+,14+. The van der Waals surface area contributed by atoms with Gasteiger partial charge in [-0.3, -0.25) is 0 Å². The average molecular weight is 383 g/mol. The summed E-state index contributed by atoms with van der Waals surface area (Å²) in [5, 5.41) is 0. The fraction of sp³-hybridized carbons (Fsp3) is 0.632. The number of piperidine rings is 1. The summed E-state index contributed by atoms with van der Waals surface area (Å²) in [5.41, 5.74) is -0.529. The molecule has 0 unspecified atom stereocenters. The molecule has 4 rings (SSSR count). The van der Waals surface area contributed by atoms with Crippen LogP contribution in [0.2, 0.25) is 0 Å². The van der Waals surface area contributed by atoms with E-state index >= 15 is 0 Å². The number of rotatable bonds is 2. The Bertz CT molecular complexity index is 734. The summed E-state index contributed by atoms with van der Waals surface area (Å²) in [4.78, 5) is 14.3. The molecule has 0 aliphatic carbocycles. The fourth-order valence-corrected chi connectivity index (χ4v) is 4.03. The van der Waals surface area contributed by atoms with E-state index in [9.17, 15) is 13.6 Å². The number of benzene rings is 1. The molecule has 27 heavy (non-hydrogen) atoms. The van der Waals surface area contributed by atoms with Crippen molar-refractivity contribution in [3.05, 3.63) is 18.2 Å². The number of hydrogen-bond donors (Lipinski definition) is 0. The van der Waals surface area contributed by atoms with Gasteiger partial charge in [-0.1, -0.05) is 0 Å². The van der Waals surface area contributed by atoms with Gasteiger partial charge in [0.25, 0.3) is 0 Å². The number of nitrogens with zero attached hydrogens (tertiary/aromatic N) is 1. The fourth-order valence-electron chi connectivity index (χ4n) is 4.03. The largest absolute Gasteiger partial charge is 0.586 e. The number of halogens is 2. The number of fused-ring (bicyclic) bond motifs is 3. The highest BCUT2D eigenvalue weighted by Crippen LogP contribution is 2.44. The molecule has 0 N–H and O–H groups in total. The van der Waals surface area contributed by atoms with E-state index in [0.717, 1.165) is 12.8 Å². The van der Waals surface area contributed by atoms with Crippen molar-refractivity contribution in [2.24, 2.45) is 0 Å². The highest BCUT2D eigenvalue weighted by Gasteiger charge is 2.46. The van der Waals surface area contributed by atoms with Crippen LogP contribution < -0.4 is 14.2 Å². The van der Waals surface area contributed by atoms with Crippen molar-refractivity contribution in [3.8, 4) is 17.2 Å². The van der Waals surface area contributed by atoms with Gasteiger partial charge in [0.1, 0.15) is 17.5 Å². The lowest BCUT2D eigenvalue weighted by molar-refractivity contribution is -0.286. The normalized spacial score (nSPS) is 28.2. The van der Waals surface area contributed by atoms with Gasteiger partial charge in [0.05, 0.1) is 0 Å². The van der Waals surface area contributed by atoms with Gasteiger partial charge in [0.15, 0.2) is 11.5 Å². The van der Waals surface area contributed by atoms with Crippen LogP contribution in [0.4, 0.5) is 13.6 Å². The molecule has 0 spiro atoms. The van der Waals surface area contributed by atoms with E-state index in [-0.39, 0.29) is 35.8 Å². The van der Waals surface area contributed by atoms with Crippen molar-refractivity contribution in [3.63, 3.8) is 0 Å². The molecule has 6 nitrogen and oxygen atoms in total. The van der Waals surface area contributed by atoms with Crippen molar-refractivity contribution < 1.29 is 32.5 Å². The first kappa shape index (κ1) is 18.1. The van der Waals surface area contributed by atoms with E-state index in [1.807, 2.05) is 25.7 Å². The van der Waals surface area contributed by atoms with E-state index < -0.39 is 11.9 Å². The molecule has 148 valence electrons. The van der Waals surface area contributed by atoms with Crippen LogP contribution in [0.5, 0.6) is 17.2 Å². The second kappa shape index (κ2) is 6.14. The summed E-state index contributed by atoms with van der Waals surface area (Å²) in [7, 11) is 0. The Balaban J connectivity index is 1.41. The molecule has 3 atom stereocenters. The van der Waals surface area contributed by atoms with Gasteiger partial charge >= 0.3 is 12.4 Å². The summed E-state index contributed by atoms with van der Waals surface area (Å²) >= 11 is 0. The summed E-state index contributed by atoms with van der Waals surface area (Å²) in [6, 6.07) is 4.56. The smallest absolute Gasteiger partial charge is 0.490 e. The van der Waals surface area contributed by atoms with Crippen molar-refractivity contribution in [2.75, 3.05) is 0 Å². The molecule has 8 heteroatoms. The molecule has 1 aromatic rings. The van der Waals surface area contributed by atoms with Gasteiger partial charge in [-0.05, 0) is 45.7 Å². The predicted molar refractivity (Wildman–Crippen MR) is 91.2 cm³/mol. The van der Waals surface area contributed by atoms with Crippen LogP contribution in [0.1, 0.15) is 46.5 Å².